The van der Waals surface area contributed by atoms with Gasteiger partial charge < -0.3 is 4.74 Å². The van der Waals surface area contributed by atoms with Gasteiger partial charge in [-0.1, -0.05) is 18.2 Å². The number of thiophene rings is 2. The SMILES string of the molecule is Cc1c2c(cc3ccsc13)Oc1c3sc4ccccc4c3cc3cc[n+](C)c-2c13. The maximum atomic E-state index is 6.71. The number of rotatable bonds is 0. The molecule has 0 saturated carbocycles. The van der Waals surface area contributed by atoms with E-state index in [2.05, 4.69) is 78.6 Å². The van der Waals surface area contributed by atoms with E-state index >= 15 is 0 Å². The molecule has 29 heavy (non-hydrogen) atoms. The van der Waals surface area contributed by atoms with Crippen LogP contribution in [0.25, 0.3) is 52.3 Å². The standard InChI is InChI=1S/C25H16NOS2/c1-13-20-18(12-15-8-10-28-24(13)15)27-23-21-14(7-9-26(2)22(20)21)11-17-16-5-3-4-6-19(16)29-25(17)23/h3-12H,1-2H3/q+1. The van der Waals surface area contributed by atoms with E-state index in [0.717, 1.165) is 11.5 Å². The Labute approximate surface area is 175 Å². The van der Waals surface area contributed by atoms with Crippen LogP contribution in [-0.4, -0.2) is 0 Å². The fourth-order valence-corrected chi connectivity index (χ4v) is 6.86. The quantitative estimate of drug-likeness (QED) is 0.239. The summed E-state index contributed by atoms with van der Waals surface area (Å²) in [5.41, 5.74) is 3.78. The average molecular weight is 411 g/mol. The van der Waals surface area contributed by atoms with Gasteiger partial charge >= 0.3 is 0 Å². The van der Waals surface area contributed by atoms with Crippen LogP contribution in [0, 0.1) is 6.92 Å². The summed E-state index contributed by atoms with van der Waals surface area (Å²) >= 11 is 3.63. The topological polar surface area (TPSA) is 13.1 Å². The predicted molar refractivity (Wildman–Crippen MR) is 124 cm³/mol. The van der Waals surface area contributed by atoms with E-state index < -0.39 is 0 Å². The molecule has 4 heteroatoms. The summed E-state index contributed by atoms with van der Waals surface area (Å²) in [6, 6.07) is 17.6. The molecule has 6 aromatic rings. The zero-order valence-corrected chi connectivity index (χ0v) is 17.6. The van der Waals surface area contributed by atoms with Crippen LogP contribution in [0.15, 0.2) is 60.1 Å². The van der Waals surface area contributed by atoms with Gasteiger partial charge in [0.2, 0.25) is 5.69 Å². The molecule has 0 amide bonds. The molecule has 0 saturated heterocycles. The first-order valence-electron chi connectivity index (χ1n) is 9.66. The van der Waals surface area contributed by atoms with Gasteiger partial charge in [-0.15, -0.1) is 22.7 Å². The van der Waals surface area contributed by atoms with Gasteiger partial charge in [0.1, 0.15) is 12.8 Å². The Kier molecular flexibility index (Phi) is 2.93. The molecule has 4 heterocycles. The highest BCUT2D eigenvalue weighted by atomic mass is 32.1. The van der Waals surface area contributed by atoms with Crippen LogP contribution in [0.3, 0.4) is 0 Å². The van der Waals surface area contributed by atoms with Crippen LogP contribution < -0.4 is 9.30 Å². The number of hydrogen-bond acceptors (Lipinski definition) is 3. The maximum Gasteiger partial charge on any atom is 0.228 e. The highest BCUT2D eigenvalue weighted by molar-refractivity contribution is 7.26. The van der Waals surface area contributed by atoms with Crippen LogP contribution in [0.4, 0.5) is 0 Å². The maximum absolute atomic E-state index is 6.71. The summed E-state index contributed by atoms with van der Waals surface area (Å²) in [6.07, 6.45) is 2.18. The predicted octanol–water partition coefficient (Wildman–Crippen LogP) is 7.33. The van der Waals surface area contributed by atoms with Crippen molar-refractivity contribution in [2.45, 2.75) is 6.92 Å². The third kappa shape index (κ3) is 1.93. The third-order valence-corrected chi connectivity index (χ3v) is 8.35. The minimum Gasteiger partial charge on any atom is -0.454 e. The molecule has 1 aliphatic heterocycles. The zero-order valence-electron chi connectivity index (χ0n) is 15.9. The van der Waals surface area contributed by atoms with Gasteiger partial charge in [-0.25, -0.2) is 4.57 Å². The Hall–Kier alpha value is -2.95. The molecular weight excluding hydrogens is 394 g/mol. The van der Waals surface area contributed by atoms with Crippen molar-refractivity contribution in [2.24, 2.45) is 7.05 Å². The second-order valence-electron chi connectivity index (χ2n) is 7.74. The van der Waals surface area contributed by atoms with Crippen LogP contribution in [0.5, 0.6) is 11.5 Å². The molecule has 1 aliphatic rings. The van der Waals surface area contributed by atoms with E-state index in [9.17, 15) is 0 Å². The van der Waals surface area contributed by atoms with Crippen LogP contribution in [0.2, 0.25) is 0 Å². The second-order valence-corrected chi connectivity index (χ2v) is 9.70. The Bertz CT molecular complexity index is 1650. The number of ether oxygens (including phenoxy) is 1. The summed E-state index contributed by atoms with van der Waals surface area (Å²) in [4.78, 5) is 0. The number of nitrogens with zero attached hydrogens (tertiary/aromatic N) is 1. The molecule has 0 atom stereocenters. The summed E-state index contributed by atoms with van der Waals surface area (Å²) in [5, 5.41) is 8.47. The Morgan fingerprint density at radius 3 is 2.76 bits per heavy atom. The molecule has 0 fully saturated rings. The summed E-state index contributed by atoms with van der Waals surface area (Å²) in [6.45, 7) is 2.23. The molecule has 0 unspecified atom stereocenters. The van der Waals surface area contributed by atoms with Crippen molar-refractivity contribution in [3.63, 3.8) is 0 Å². The lowest BCUT2D eigenvalue weighted by atomic mass is 9.94. The van der Waals surface area contributed by atoms with E-state index in [1.54, 1.807) is 11.3 Å². The molecule has 3 aromatic heterocycles. The van der Waals surface area contributed by atoms with Crippen molar-refractivity contribution >= 4 is 63.7 Å². The molecule has 0 bridgehead atoms. The lowest BCUT2D eigenvalue weighted by Crippen LogP contribution is -2.31. The number of aromatic nitrogens is 1. The molecule has 3 aromatic carbocycles. The van der Waals surface area contributed by atoms with Crippen molar-refractivity contribution in [1.29, 1.82) is 0 Å². The number of fused-ring (bicyclic) bond motifs is 7. The summed E-state index contributed by atoms with van der Waals surface area (Å²) in [5.74, 6) is 1.97. The molecule has 0 radical (unpaired) electrons. The minimum atomic E-state index is 0.967. The van der Waals surface area contributed by atoms with E-state index in [1.807, 2.05) is 11.3 Å². The molecular formula is C25H16NOS2+. The summed E-state index contributed by atoms with van der Waals surface area (Å²) in [7, 11) is 2.14. The van der Waals surface area contributed by atoms with Gasteiger partial charge in [-0.3, -0.25) is 0 Å². The first kappa shape index (κ1) is 15.9. The Balaban J connectivity index is 1.73. The van der Waals surface area contributed by atoms with Gasteiger partial charge in [-0.05, 0) is 52.9 Å². The highest BCUT2D eigenvalue weighted by Gasteiger charge is 2.32. The molecule has 0 N–H and O–H groups in total. The van der Waals surface area contributed by atoms with Crippen LogP contribution >= 0.6 is 22.7 Å². The smallest absolute Gasteiger partial charge is 0.228 e. The molecule has 0 aliphatic carbocycles. The molecule has 138 valence electrons. The van der Waals surface area contributed by atoms with Crippen molar-refractivity contribution in [3.05, 3.63) is 65.7 Å². The largest absolute Gasteiger partial charge is 0.454 e. The van der Waals surface area contributed by atoms with Crippen molar-refractivity contribution in [1.82, 2.24) is 0 Å². The van der Waals surface area contributed by atoms with Gasteiger partial charge in [0.05, 0.1) is 15.6 Å². The van der Waals surface area contributed by atoms with Crippen molar-refractivity contribution < 1.29 is 9.30 Å². The van der Waals surface area contributed by atoms with Crippen LogP contribution in [-0.2, 0) is 7.05 Å². The lowest BCUT2D eigenvalue weighted by molar-refractivity contribution is -0.659. The second kappa shape index (κ2) is 5.35. The van der Waals surface area contributed by atoms with Gasteiger partial charge in [-0.2, -0.15) is 0 Å². The zero-order chi connectivity index (χ0) is 19.3. The third-order valence-electron chi connectivity index (χ3n) is 6.12. The monoisotopic (exact) mass is 410 g/mol. The normalized spacial score (nSPS) is 12.8. The summed E-state index contributed by atoms with van der Waals surface area (Å²) < 4.78 is 12.8. The fourth-order valence-electron chi connectivity index (χ4n) is 4.80. The molecule has 0 spiro atoms. The van der Waals surface area contributed by atoms with Crippen molar-refractivity contribution in [2.75, 3.05) is 0 Å². The number of pyridine rings is 1. The van der Waals surface area contributed by atoms with E-state index in [0.29, 0.717) is 0 Å². The van der Waals surface area contributed by atoms with E-state index in [4.69, 9.17) is 4.74 Å². The average Bonchev–Trinajstić information content (AvgIpc) is 3.35. The first-order chi connectivity index (χ1) is 14.2. The number of benzene rings is 3. The van der Waals surface area contributed by atoms with Crippen molar-refractivity contribution in [3.8, 4) is 22.8 Å². The van der Waals surface area contributed by atoms with Crippen LogP contribution in [0.1, 0.15) is 5.56 Å². The molecule has 2 nitrogen and oxygen atoms in total. The minimum absolute atomic E-state index is 0.967. The van der Waals surface area contributed by atoms with Gasteiger partial charge in [0.15, 0.2) is 11.9 Å². The lowest BCUT2D eigenvalue weighted by Gasteiger charge is -2.21. The number of hydrogen-bond donors (Lipinski definition) is 0. The van der Waals surface area contributed by atoms with Gasteiger partial charge in [0.25, 0.3) is 0 Å². The highest BCUT2D eigenvalue weighted by Crippen LogP contribution is 2.53. The fraction of sp³-hybridized carbons (Fsp3) is 0.0800. The van der Waals surface area contributed by atoms with E-state index in [1.165, 1.54) is 57.9 Å². The Morgan fingerprint density at radius 1 is 0.931 bits per heavy atom. The number of aryl methyl sites for hydroxylation is 2. The van der Waals surface area contributed by atoms with Gasteiger partial charge in [0, 0.05) is 26.2 Å². The first-order valence-corrected chi connectivity index (χ1v) is 11.4. The molecule has 7 rings (SSSR count). The van der Waals surface area contributed by atoms with E-state index in [-0.39, 0.29) is 0 Å². The Morgan fingerprint density at radius 2 is 1.83 bits per heavy atom.